The van der Waals surface area contributed by atoms with Crippen LogP contribution in [0.3, 0.4) is 0 Å². The van der Waals surface area contributed by atoms with Gasteiger partial charge in [-0.05, 0) is 77.5 Å². The van der Waals surface area contributed by atoms with E-state index in [0.29, 0.717) is 0 Å². The maximum absolute atomic E-state index is 4.24. The minimum atomic E-state index is 0.863. The van der Waals surface area contributed by atoms with E-state index in [1.165, 1.54) is 44.0 Å². The largest absolute Gasteiger partial charge is 0.385 e. The Kier molecular flexibility index (Phi) is 6.06. The molecule has 0 aliphatic carbocycles. The molecule has 0 bridgehead atoms. The summed E-state index contributed by atoms with van der Waals surface area (Å²) in [6, 6.07) is 21.8. The van der Waals surface area contributed by atoms with Crippen LogP contribution in [-0.4, -0.2) is 11.5 Å². The topological polar surface area (TPSA) is 27.8 Å². The van der Waals surface area contributed by atoms with Crippen molar-refractivity contribution in [3.63, 3.8) is 0 Å². The Morgan fingerprint density at radius 3 is 2.50 bits per heavy atom. The Labute approximate surface area is 181 Å². The standard InChI is InChI=1S/C27H29N2P/c1-18-13-26-24(17-29-27(26)14-19(18)2)11-12-28-20(3)23-9-7-21(8-10-23)15-22-5-4-6-25(30)16-22/h4-10,13-14,16-17,28-29H,3,11-12,15,30H2,1-2H3. The quantitative estimate of drug-likeness (QED) is 0.376. The third-order valence-corrected chi connectivity index (χ3v) is 6.14. The number of H-pyrrole nitrogens is 1. The van der Waals surface area contributed by atoms with Gasteiger partial charge in [-0.15, -0.1) is 9.24 Å². The third-order valence-electron chi connectivity index (χ3n) is 5.78. The van der Waals surface area contributed by atoms with Crippen LogP contribution < -0.4 is 10.6 Å². The van der Waals surface area contributed by atoms with Crippen molar-refractivity contribution in [2.75, 3.05) is 6.54 Å². The van der Waals surface area contributed by atoms with E-state index in [9.17, 15) is 0 Å². The summed E-state index contributed by atoms with van der Waals surface area (Å²) in [5, 5.41) is 6.04. The summed E-state index contributed by atoms with van der Waals surface area (Å²) in [4.78, 5) is 3.40. The smallest absolute Gasteiger partial charge is 0.0459 e. The highest BCUT2D eigenvalue weighted by Gasteiger charge is 2.06. The van der Waals surface area contributed by atoms with Crippen molar-refractivity contribution < 1.29 is 0 Å². The molecule has 4 aromatic rings. The minimum absolute atomic E-state index is 0.863. The second-order valence-electron chi connectivity index (χ2n) is 8.07. The maximum atomic E-state index is 4.24. The molecular formula is C27H29N2P. The monoisotopic (exact) mass is 412 g/mol. The van der Waals surface area contributed by atoms with Crippen LogP contribution in [0.25, 0.3) is 16.6 Å². The number of aromatic nitrogens is 1. The molecule has 30 heavy (non-hydrogen) atoms. The molecule has 0 aliphatic heterocycles. The molecule has 1 aromatic heterocycles. The molecule has 0 saturated heterocycles. The molecular weight excluding hydrogens is 383 g/mol. The van der Waals surface area contributed by atoms with Crippen LogP contribution in [0, 0.1) is 13.8 Å². The molecule has 0 fully saturated rings. The maximum Gasteiger partial charge on any atom is 0.0459 e. The number of aryl methyl sites for hydroxylation is 2. The zero-order valence-corrected chi connectivity index (χ0v) is 18.9. The number of aromatic amines is 1. The Morgan fingerprint density at radius 1 is 0.967 bits per heavy atom. The molecule has 3 aromatic carbocycles. The number of rotatable bonds is 7. The van der Waals surface area contributed by atoms with E-state index in [1.54, 1.807) is 0 Å². The van der Waals surface area contributed by atoms with E-state index in [4.69, 9.17) is 0 Å². The molecule has 1 atom stereocenters. The molecule has 152 valence electrons. The number of hydrogen-bond donors (Lipinski definition) is 2. The van der Waals surface area contributed by atoms with Gasteiger partial charge in [-0.3, -0.25) is 0 Å². The van der Waals surface area contributed by atoms with E-state index >= 15 is 0 Å². The van der Waals surface area contributed by atoms with Gasteiger partial charge in [0.25, 0.3) is 0 Å². The van der Waals surface area contributed by atoms with Gasteiger partial charge < -0.3 is 10.3 Å². The molecule has 0 aliphatic rings. The predicted molar refractivity (Wildman–Crippen MR) is 134 cm³/mol. The molecule has 4 rings (SSSR count). The fourth-order valence-electron chi connectivity index (χ4n) is 3.86. The molecule has 3 heteroatoms. The van der Waals surface area contributed by atoms with E-state index in [0.717, 1.165) is 30.6 Å². The summed E-state index contributed by atoms with van der Waals surface area (Å²) >= 11 is 0. The normalized spacial score (nSPS) is 11.0. The predicted octanol–water partition coefficient (Wildman–Crippen LogP) is 5.68. The zero-order chi connectivity index (χ0) is 21.1. The van der Waals surface area contributed by atoms with Gasteiger partial charge in [0, 0.05) is 29.3 Å². The molecule has 0 amide bonds. The molecule has 0 spiro atoms. The van der Waals surface area contributed by atoms with Crippen molar-refractivity contribution in [3.05, 3.63) is 107 Å². The summed E-state index contributed by atoms with van der Waals surface area (Å²) in [7, 11) is 2.76. The molecule has 2 nitrogen and oxygen atoms in total. The van der Waals surface area contributed by atoms with Gasteiger partial charge in [0.15, 0.2) is 0 Å². The molecule has 0 saturated carbocycles. The fourth-order valence-corrected chi connectivity index (χ4v) is 4.19. The Balaban J connectivity index is 1.35. The number of benzene rings is 3. The summed E-state index contributed by atoms with van der Waals surface area (Å²) in [6.45, 7) is 9.43. The Hall–Kier alpha value is -2.83. The number of fused-ring (bicyclic) bond motifs is 1. The van der Waals surface area contributed by atoms with Gasteiger partial charge in [-0.25, -0.2) is 0 Å². The Morgan fingerprint density at radius 2 is 1.73 bits per heavy atom. The fraction of sp³-hybridized carbons (Fsp3) is 0.185. The highest BCUT2D eigenvalue weighted by Crippen LogP contribution is 2.23. The van der Waals surface area contributed by atoms with E-state index in [1.807, 2.05) is 0 Å². The van der Waals surface area contributed by atoms with Gasteiger partial charge in [0.2, 0.25) is 0 Å². The van der Waals surface area contributed by atoms with Crippen LogP contribution in [0.5, 0.6) is 0 Å². The highest BCUT2D eigenvalue weighted by atomic mass is 31.0. The lowest BCUT2D eigenvalue weighted by atomic mass is 10.0. The first-order valence-corrected chi connectivity index (χ1v) is 11.0. The zero-order valence-electron chi connectivity index (χ0n) is 17.8. The van der Waals surface area contributed by atoms with Crippen LogP contribution in [0.4, 0.5) is 0 Å². The summed E-state index contributed by atoms with van der Waals surface area (Å²) in [6.07, 6.45) is 4.04. The molecule has 2 N–H and O–H groups in total. The Bertz CT molecular complexity index is 1190. The third kappa shape index (κ3) is 4.66. The van der Waals surface area contributed by atoms with Gasteiger partial charge in [0.1, 0.15) is 0 Å². The summed E-state index contributed by atoms with van der Waals surface area (Å²) < 4.78 is 0. The second-order valence-corrected chi connectivity index (χ2v) is 8.74. The minimum Gasteiger partial charge on any atom is -0.385 e. The van der Waals surface area contributed by atoms with Crippen LogP contribution in [0.1, 0.15) is 33.4 Å². The second kappa shape index (κ2) is 8.90. The highest BCUT2D eigenvalue weighted by molar-refractivity contribution is 7.27. The first-order chi connectivity index (χ1) is 14.5. The summed E-state index contributed by atoms with van der Waals surface area (Å²) in [5.41, 5.74) is 9.99. The van der Waals surface area contributed by atoms with Crippen molar-refractivity contribution in [1.82, 2.24) is 10.3 Å². The number of nitrogens with one attached hydrogen (secondary N) is 2. The van der Waals surface area contributed by atoms with E-state index in [-0.39, 0.29) is 0 Å². The SMILES string of the molecule is C=C(NCCc1c[nH]c2cc(C)c(C)cc12)c1ccc(Cc2cccc(P)c2)cc1. The van der Waals surface area contributed by atoms with Gasteiger partial charge in [0.05, 0.1) is 0 Å². The average molecular weight is 413 g/mol. The van der Waals surface area contributed by atoms with Crippen molar-refractivity contribution >= 4 is 31.1 Å². The lowest BCUT2D eigenvalue weighted by Crippen LogP contribution is -2.15. The lowest BCUT2D eigenvalue weighted by molar-refractivity contribution is 0.853. The lowest BCUT2D eigenvalue weighted by Gasteiger charge is -2.11. The van der Waals surface area contributed by atoms with Crippen LogP contribution in [-0.2, 0) is 12.8 Å². The van der Waals surface area contributed by atoms with Crippen LogP contribution >= 0.6 is 9.24 Å². The van der Waals surface area contributed by atoms with Crippen molar-refractivity contribution in [1.29, 1.82) is 0 Å². The van der Waals surface area contributed by atoms with Gasteiger partial charge in [-0.2, -0.15) is 0 Å². The first kappa shape index (κ1) is 20.4. The molecule has 1 heterocycles. The van der Waals surface area contributed by atoms with Crippen molar-refractivity contribution in [3.8, 4) is 0 Å². The van der Waals surface area contributed by atoms with Gasteiger partial charge in [-0.1, -0.05) is 55.1 Å². The van der Waals surface area contributed by atoms with Gasteiger partial charge >= 0.3 is 0 Å². The van der Waals surface area contributed by atoms with E-state index < -0.39 is 0 Å². The van der Waals surface area contributed by atoms with Crippen molar-refractivity contribution in [2.24, 2.45) is 0 Å². The van der Waals surface area contributed by atoms with Crippen molar-refractivity contribution in [2.45, 2.75) is 26.7 Å². The average Bonchev–Trinajstić information content (AvgIpc) is 3.10. The summed E-state index contributed by atoms with van der Waals surface area (Å²) in [5.74, 6) is 0. The molecule has 0 radical (unpaired) electrons. The van der Waals surface area contributed by atoms with Crippen LogP contribution in [0.15, 0.2) is 73.4 Å². The number of hydrogen-bond acceptors (Lipinski definition) is 1. The first-order valence-electron chi connectivity index (χ1n) is 10.4. The molecule has 1 unspecified atom stereocenters. The van der Waals surface area contributed by atoms with Crippen LogP contribution in [0.2, 0.25) is 0 Å². The van der Waals surface area contributed by atoms with E-state index in [2.05, 4.69) is 107 Å².